The fourth-order valence-corrected chi connectivity index (χ4v) is 4.15. The molecule has 1 aromatic heterocycles. The number of nitrogens with zero attached hydrogens (tertiary/aromatic N) is 1. The van der Waals surface area contributed by atoms with Gasteiger partial charge >= 0.3 is 0 Å². The standard InChI is InChI=1S/C17H22N2O3S/c1-21-12-8-9-13(22-2)16-15(12)19-17(23-16)18-14(20)10-11-6-4-3-5-7-11/h8-9,11H,3-7,10H2,1-2H3,(H,18,19,20). The predicted octanol–water partition coefficient (Wildman–Crippen LogP) is 4.22. The molecule has 3 rings (SSSR count). The Kier molecular flexibility index (Phi) is 5.00. The van der Waals surface area contributed by atoms with Crippen molar-refractivity contribution in [2.45, 2.75) is 38.5 Å². The SMILES string of the molecule is COc1ccc(OC)c2sc(NC(=O)CC3CCCCC3)nc12. The fourth-order valence-electron chi connectivity index (χ4n) is 3.16. The zero-order valence-corrected chi connectivity index (χ0v) is 14.4. The zero-order valence-electron chi connectivity index (χ0n) is 13.6. The Balaban J connectivity index is 1.76. The predicted molar refractivity (Wildman–Crippen MR) is 92.5 cm³/mol. The number of anilines is 1. The lowest BCUT2D eigenvalue weighted by Crippen LogP contribution is -2.18. The Morgan fingerprint density at radius 2 is 1.91 bits per heavy atom. The largest absolute Gasteiger partial charge is 0.495 e. The molecule has 6 heteroatoms. The molecule has 0 unspecified atom stereocenters. The zero-order chi connectivity index (χ0) is 16.2. The molecule has 124 valence electrons. The number of carbonyl (C=O) groups is 1. The number of carbonyl (C=O) groups excluding carboxylic acids is 1. The highest BCUT2D eigenvalue weighted by Crippen LogP contribution is 2.39. The van der Waals surface area contributed by atoms with E-state index < -0.39 is 0 Å². The van der Waals surface area contributed by atoms with Crippen LogP contribution in [-0.2, 0) is 4.79 Å². The fraction of sp³-hybridized carbons (Fsp3) is 0.529. The highest BCUT2D eigenvalue weighted by atomic mass is 32.1. The molecular formula is C17H22N2O3S. The first-order valence-corrected chi connectivity index (χ1v) is 8.84. The van der Waals surface area contributed by atoms with Crippen molar-refractivity contribution in [1.29, 1.82) is 0 Å². The Hall–Kier alpha value is -1.82. The van der Waals surface area contributed by atoms with Crippen LogP contribution in [-0.4, -0.2) is 25.1 Å². The summed E-state index contributed by atoms with van der Waals surface area (Å²) in [5.41, 5.74) is 0.727. The van der Waals surface area contributed by atoms with Gasteiger partial charge in [0.05, 0.1) is 14.2 Å². The van der Waals surface area contributed by atoms with Gasteiger partial charge in [0.15, 0.2) is 5.13 Å². The molecule has 0 atom stereocenters. The summed E-state index contributed by atoms with van der Waals surface area (Å²) in [4.78, 5) is 16.8. The molecule has 5 nitrogen and oxygen atoms in total. The molecule has 0 bridgehead atoms. The molecule has 0 radical (unpaired) electrons. The average molecular weight is 334 g/mol. The van der Waals surface area contributed by atoms with Gasteiger partial charge in [0, 0.05) is 6.42 Å². The normalized spacial score (nSPS) is 15.6. The third-order valence-corrected chi connectivity index (χ3v) is 5.34. The van der Waals surface area contributed by atoms with Gasteiger partial charge in [0.2, 0.25) is 5.91 Å². The minimum Gasteiger partial charge on any atom is -0.495 e. The summed E-state index contributed by atoms with van der Waals surface area (Å²) in [5.74, 6) is 1.99. The highest BCUT2D eigenvalue weighted by molar-refractivity contribution is 7.22. The first kappa shape index (κ1) is 16.1. The molecule has 0 aliphatic heterocycles. The third kappa shape index (κ3) is 3.58. The van der Waals surface area contributed by atoms with Crippen molar-refractivity contribution in [3.63, 3.8) is 0 Å². The number of aromatic nitrogens is 1. The Labute approximate surface area is 140 Å². The number of benzene rings is 1. The van der Waals surface area contributed by atoms with Crippen molar-refractivity contribution in [2.75, 3.05) is 19.5 Å². The number of rotatable bonds is 5. The quantitative estimate of drug-likeness (QED) is 0.889. The monoisotopic (exact) mass is 334 g/mol. The van der Waals surface area contributed by atoms with Crippen LogP contribution in [0.4, 0.5) is 5.13 Å². The Morgan fingerprint density at radius 1 is 1.22 bits per heavy atom. The van der Waals surface area contributed by atoms with E-state index in [1.54, 1.807) is 14.2 Å². The van der Waals surface area contributed by atoms with Crippen molar-refractivity contribution in [3.8, 4) is 11.5 Å². The summed E-state index contributed by atoms with van der Waals surface area (Å²) >= 11 is 1.42. The molecule has 0 spiro atoms. The van der Waals surface area contributed by atoms with E-state index in [9.17, 15) is 4.79 Å². The minimum atomic E-state index is 0.0499. The van der Waals surface area contributed by atoms with Crippen molar-refractivity contribution in [2.24, 2.45) is 5.92 Å². The van der Waals surface area contributed by atoms with Gasteiger partial charge in [-0.2, -0.15) is 0 Å². The van der Waals surface area contributed by atoms with Gasteiger partial charge in [-0.05, 0) is 30.9 Å². The topological polar surface area (TPSA) is 60.5 Å². The molecule has 0 saturated heterocycles. The molecule has 1 heterocycles. The number of ether oxygens (including phenoxy) is 2. The van der Waals surface area contributed by atoms with E-state index in [0.717, 1.165) is 28.8 Å². The molecule has 23 heavy (non-hydrogen) atoms. The number of thiazole rings is 1. The number of fused-ring (bicyclic) bond motifs is 1. The van der Waals surface area contributed by atoms with Crippen LogP contribution in [0.15, 0.2) is 12.1 Å². The lowest BCUT2D eigenvalue weighted by Gasteiger charge is -2.20. The van der Waals surface area contributed by atoms with Gasteiger partial charge in [-0.15, -0.1) is 0 Å². The van der Waals surface area contributed by atoms with E-state index in [1.807, 2.05) is 12.1 Å². The summed E-state index contributed by atoms with van der Waals surface area (Å²) in [5, 5.41) is 3.54. The Morgan fingerprint density at radius 3 is 2.61 bits per heavy atom. The van der Waals surface area contributed by atoms with Crippen molar-refractivity contribution >= 4 is 32.6 Å². The van der Waals surface area contributed by atoms with Crippen LogP contribution in [0.3, 0.4) is 0 Å². The van der Waals surface area contributed by atoms with E-state index in [1.165, 1.54) is 30.6 Å². The van der Waals surface area contributed by atoms with E-state index in [4.69, 9.17) is 9.47 Å². The maximum Gasteiger partial charge on any atom is 0.226 e. The van der Waals surface area contributed by atoms with Gasteiger partial charge < -0.3 is 14.8 Å². The van der Waals surface area contributed by atoms with Crippen molar-refractivity contribution in [1.82, 2.24) is 4.98 Å². The summed E-state index contributed by atoms with van der Waals surface area (Å²) in [6.45, 7) is 0. The molecule has 1 aliphatic carbocycles. The molecule has 1 saturated carbocycles. The van der Waals surface area contributed by atoms with Gasteiger partial charge in [-0.3, -0.25) is 4.79 Å². The number of hydrogen-bond acceptors (Lipinski definition) is 5. The lowest BCUT2D eigenvalue weighted by atomic mass is 9.87. The Bertz CT molecular complexity index is 651. The molecule has 1 amide bonds. The van der Waals surface area contributed by atoms with Crippen LogP contribution in [0.25, 0.3) is 10.2 Å². The van der Waals surface area contributed by atoms with Crippen molar-refractivity contribution in [3.05, 3.63) is 12.1 Å². The summed E-state index contributed by atoms with van der Waals surface area (Å²) < 4.78 is 11.6. The average Bonchev–Trinajstić information content (AvgIpc) is 2.98. The smallest absolute Gasteiger partial charge is 0.226 e. The number of methoxy groups -OCH3 is 2. The van der Waals surface area contributed by atoms with Gasteiger partial charge in [0.1, 0.15) is 21.7 Å². The molecule has 2 aromatic rings. The van der Waals surface area contributed by atoms with E-state index in [2.05, 4.69) is 10.3 Å². The van der Waals surface area contributed by atoms with Crippen molar-refractivity contribution < 1.29 is 14.3 Å². The molecule has 1 aromatic carbocycles. The van der Waals surface area contributed by atoms with Gasteiger partial charge in [0.25, 0.3) is 0 Å². The maximum atomic E-state index is 12.3. The number of hydrogen-bond donors (Lipinski definition) is 1. The van der Waals surface area contributed by atoms with Crippen LogP contribution in [0, 0.1) is 5.92 Å². The van der Waals surface area contributed by atoms with Gasteiger partial charge in [-0.25, -0.2) is 4.98 Å². The van der Waals surface area contributed by atoms with E-state index in [0.29, 0.717) is 23.2 Å². The third-order valence-electron chi connectivity index (χ3n) is 4.36. The second kappa shape index (κ2) is 7.17. The van der Waals surface area contributed by atoms with E-state index >= 15 is 0 Å². The first-order valence-electron chi connectivity index (χ1n) is 8.02. The minimum absolute atomic E-state index is 0.0499. The lowest BCUT2D eigenvalue weighted by molar-refractivity contribution is -0.117. The molecule has 1 fully saturated rings. The highest BCUT2D eigenvalue weighted by Gasteiger charge is 2.19. The second-order valence-corrected chi connectivity index (χ2v) is 6.92. The van der Waals surface area contributed by atoms with Crippen LogP contribution in [0.2, 0.25) is 0 Å². The second-order valence-electron chi connectivity index (χ2n) is 5.92. The van der Waals surface area contributed by atoms with Crippen LogP contribution < -0.4 is 14.8 Å². The first-order chi connectivity index (χ1) is 11.2. The van der Waals surface area contributed by atoms with Crippen LogP contribution in [0.5, 0.6) is 11.5 Å². The van der Waals surface area contributed by atoms with Crippen LogP contribution in [0.1, 0.15) is 38.5 Å². The summed E-state index contributed by atoms with van der Waals surface area (Å²) in [6.07, 6.45) is 6.70. The summed E-state index contributed by atoms with van der Waals surface area (Å²) in [7, 11) is 3.24. The number of nitrogens with one attached hydrogen (secondary N) is 1. The molecule has 1 aliphatic rings. The molecular weight excluding hydrogens is 312 g/mol. The van der Waals surface area contributed by atoms with Gasteiger partial charge in [-0.1, -0.05) is 30.6 Å². The van der Waals surface area contributed by atoms with Crippen LogP contribution >= 0.6 is 11.3 Å². The maximum absolute atomic E-state index is 12.3. The summed E-state index contributed by atoms with van der Waals surface area (Å²) in [6, 6.07) is 3.68. The molecule has 1 N–H and O–H groups in total. The van der Waals surface area contributed by atoms with E-state index in [-0.39, 0.29) is 5.91 Å². The number of amides is 1.